The summed E-state index contributed by atoms with van der Waals surface area (Å²) in [4.78, 5) is 33.1. The van der Waals surface area contributed by atoms with Gasteiger partial charge in [-0.15, -0.1) is 0 Å². The van der Waals surface area contributed by atoms with Gasteiger partial charge in [0.2, 0.25) is 17.7 Å². The van der Waals surface area contributed by atoms with E-state index < -0.39 is 11.8 Å². The van der Waals surface area contributed by atoms with Gasteiger partial charge in [-0.2, -0.15) is 0 Å². The van der Waals surface area contributed by atoms with Crippen LogP contribution in [0.2, 0.25) is 0 Å². The second-order valence-corrected chi connectivity index (χ2v) is 2.62. The van der Waals surface area contributed by atoms with E-state index in [9.17, 15) is 14.4 Å². The summed E-state index contributed by atoms with van der Waals surface area (Å²) in [6.07, 6.45) is 0. The Morgan fingerprint density at radius 1 is 1.38 bits per heavy atom. The number of nitrogens with zero attached hydrogens (tertiary/aromatic N) is 1. The van der Waals surface area contributed by atoms with Crippen LogP contribution in [0, 0.1) is 0 Å². The van der Waals surface area contributed by atoms with Gasteiger partial charge in [-0.3, -0.25) is 14.4 Å². The third kappa shape index (κ3) is 5.66. The number of carbonyl (C=O) groups excluding carboxylic acids is 3. The van der Waals surface area contributed by atoms with Crippen molar-refractivity contribution in [2.75, 3.05) is 20.1 Å². The molecule has 0 aliphatic rings. The normalized spacial score (nSPS) is 9.08. The van der Waals surface area contributed by atoms with Gasteiger partial charge in [-0.1, -0.05) is 0 Å². The second-order valence-electron chi connectivity index (χ2n) is 2.62. The van der Waals surface area contributed by atoms with Crippen molar-refractivity contribution in [1.82, 2.24) is 10.2 Å². The zero-order valence-electron chi connectivity index (χ0n) is 7.66. The van der Waals surface area contributed by atoms with E-state index in [0.29, 0.717) is 0 Å². The average molecular weight is 187 g/mol. The summed E-state index contributed by atoms with van der Waals surface area (Å²) in [6, 6.07) is 0. The monoisotopic (exact) mass is 187 g/mol. The van der Waals surface area contributed by atoms with E-state index in [0.717, 1.165) is 0 Å². The third-order valence-corrected chi connectivity index (χ3v) is 1.38. The van der Waals surface area contributed by atoms with Gasteiger partial charge in [0, 0.05) is 14.0 Å². The fourth-order valence-electron chi connectivity index (χ4n) is 0.568. The van der Waals surface area contributed by atoms with E-state index in [2.05, 4.69) is 5.32 Å². The standard InChI is InChI=1S/C7H13N3O3/c1-5(11)10(2)4-7(13)9-3-6(8)12/h3-4H2,1-2H3,(H2,8,12)(H,9,13). The van der Waals surface area contributed by atoms with Gasteiger partial charge in [-0.05, 0) is 0 Å². The van der Waals surface area contributed by atoms with Gasteiger partial charge in [0.25, 0.3) is 0 Å². The van der Waals surface area contributed by atoms with Crippen LogP contribution in [0.3, 0.4) is 0 Å². The first kappa shape index (κ1) is 11.4. The molecular formula is C7H13N3O3. The Balaban J connectivity index is 3.74. The summed E-state index contributed by atoms with van der Waals surface area (Å²) < 4.78 is 0. The van der Waals surface area contributed by atoms with Crippen LogP contribution in [-0.4, -0.2) is 42.8 Å². The Morgan fingerprint density at radius 3 is 2.31 bits per heavy atom. The summed E-state index contributed by atoms with van der Waals surface area (Å²) >= 11 is 0. The van der Waals surface area contributed by atoms with Crippen LogP contribution < -0.4 is 11.1 Å². The van der Waals surface area contributed by atoms with Crippen LogP contribution in [0.1, 0.15) is 6.92 Å². The van der Waals surface area contributed by atoms with Crippen LogP contribution in [0.5, 0.6) is 0 Å². The van der Waals surface area contributed by atoms with Gasteiger partial charge in [0.1, 0.15) is 0 Å². The van der Waals surface area contributed by atoms with Gasteiger partial charge in [0.05, 0.1) is 13.1 Å². The molecular weight excluding hydrogens is 174 g/mol. The molecule has 0 aliphatic heterocycles. The lowest BCUT2D eigenvalue weighted by molar-refractivity contribution is -0.133. The zero-order chi connectivity index (χ0) is 10.4. The lowest BCUT2D eigenvalue weighted by atomic mass is 10.4. The van der Waals surface area contributed by atoms with Crippen molar-refractivity contribution in [3.63, 3.8) is 0 Å². The van der Waals surface area contributed by atoms with Crippen LogP contribution in [0.25, 0.3) is 0 Å². The number of nitrogens with one attached hydrogen (secondary N) is 1. The number of primary amides is 1. The van der Waals surface area contributed by atoms with E-state index >= 15 is 0 Å². The SMILES string of the molecule is CC(=O)N(C)CC(=O)NCC(N)=O. The maximum absolute atomic E-state index is 10.9. The van der Waals surface area contributed by atoms with Gasteiger partial charge < -0.3 is 16.0 Å². The fourth-order valence-corrected chi connectivity index (χ4v) is 0.568. The maximum Gasteiger partial charge on any atom is 0.240 e. The number of carbonyl (C=O) groups is 3. The number of likely N-dealkylation sites (N-methyl/N-ethyl adjacent to an activating group) is 1. The number of nitrogens with two attached hydrogens (primary N) is 1. The molecule has 74 valence electrons. The minimum atomic E-state index is -0.612. The van der Waals surface area contributed by atoms with Crippen LogP contribution in [-0.2, 0) is 14.4 Å². The molecule has 0 radical (unpaired) electrons. The molecule has 0 spiro atoms. The zero-order valence-corrected chi connectivity index (χ0v) is 7.66. The quantitative estimate of drug-likeness (QED) is 0.536. The number of hydrogen-bond acceptors (Lipinski definition) is 3. The van der Waals surface area contributed by atoms with Crippen molar-refractivity contribution in [1.29, 1.82) is 0 Å². The molecule has 3 N–H and O–H groups in total. The van der Waals surface area contributed by atoms with E-state index in [1.54, 1.807) is 0 Å². The third-order valence-electron chi connectivity index (χ3n) is 1.38. The molecule has 0 unspecified atom stereocenters. The highest BCUT2D eigenvalue weighted by molar-refractivity contribution is 5.87. The van der Waals surface area contributed by atoms with Crippen molar-refractivity contribution >= 4 is 17.7 Å². The molecule has 0 aromatic heterocycles. The van der Waals surface area contributed by atoms with Crippen LogP contribution >= 0.6 is 0 Å². The molecule has 0 heterocycles. The van der Waals surface area contributed by atoms with Gasteiger partial charge >= 0.3 is 0 Å². The summed E-state index contributed by atoms with van der Waals surface area (Å²) in [5, 5.41) is 2.26. The highest BCUT2D eigenvalue weighted by Crippen LogP contribution is 1.81. The molecule has 0 saturated carbocycles. The Hall–Kier alpha value is -1.59. The first-order chi connectivity index (χ1) is 5.93. The minimum absolute atomic E-state index is 0.0669. The van der Waals surface area contributed by atoms with E-state index in [1.165, 1.54) is 18.9 Å². The largest absolute Gasteiger partial charge is 0.368 e. The highest BCUT2D eigenvalue weighted by atomic mass is 16.2. The lowest BCUT2D eigenvalue weighted by Crippen LogP contribution is -2.40. The van der Waals surface area contributed by atoms with E-state index in [4.69, 9.17) is 5.73 Å². The summed E-state index contributed by atoms with van der Waals surface area (Å²) in [6.45, 7) is 1.08. The molecule has 13 heavy (non-hydrogen) atoms. The average Bonchev–Trinajstić information content (AvgIpc) is 2.00. The Bertz CT molecular complexity index is 227. The molecule has 0 bridgehead atoms. The van der Waals surface area contributed by atoms with Gasteiger partial charge in [0.15, 0.2) is 0 Å². The first-order valence-electron chi connectivity index (χ1n) is 3.70. The molecule has 0 aromatic carbocycles. The van der Waals surface area contributed by atoms with Crippen LogP contribution in [0.15, 0.2) is 0 Å². The molecule has 0 saturated heterocycles. The molecule has 3 amide bonds. The molecule has 6 nitrogen and oxygen atoms in total. The van der Waals surface area contributed by atoms with Crippen molar-refractivity contribution in [2.45, 2.75) is 6.92 Å². The molecule has 0 atom stereocenters. The Kier molecular flexibility index (Phi) is 4.50. The van der Waals surface area contributed by atoms with E-state index in [1.807, 2.05) is 0 Å². The van der Waals surface area contributed by atoms with Crippen molar-refractivity contribution < 1.29 is 14.4 Å². The fraction of sp³-hybridized carbons (Fsp3) is 0.571. The maximum atomic E-state index is 10.9. The summed E-state index contributed by atoms with van der Waals surface area (Å²) in [7, 11) is 1.49. The number of rotatable bonds is 4. The molecule has 0 aromatic rings. The lowest BCUT2D eigenvalue weighted by Gasteiger charge is -2.13. The number of hydrogen-bond donors (Lipinski definition) is 2. The molecule has 6 heteroatoms. The second kappa shape index (κ2) is 5.13. The van der Waals surface area contributed by atoms with Crippen molar-refractivity contribution in [3.05, 3.63) is 0 Å². The Labute approximate surface area is 76.1 Å². The molecule has 0 fully saturated rings. The van der Waals surface area contributed by atoms with Crippen molar-refractivity contribution in [2.24, 2.45) is 5.73 Å². The topological polar surface area (TPSA) is 92.5 Å². The highest BCUT2D eigenvalue weighted by Gasteiger charge is 2.08. The summed E-state index contributed by atoms with van der Waals surface area (Å²) in [5.41, 5.74) is 4.80. The van der Waals surface area contributed by atoms with E-state index in [-0.39, 0.29) is 19.0 Å². The Morgan fingerprint density at radius 2 is 1.92 bits per heavy atom. The van der Waals surface area contributed by atoms with Gasteiger partial charge in [-0.25, -0.2) is 0 Å². The van der Waals surface area contributed by atoms with Crippen LogP contribution in [0.4, 0.5) is 0 Å². The van der Waals surface area contributed by atoms with Crippen molar-refractivity contribution in [3.8, 4) is 0 Å². The first-order valence-corrected chi connectivity index (χ1v) is 3.70. The molecule has 0 rings (SSSR count). The predicted molar refractivity (Wildman–Crippen MR) is 45.5 cm³/mol. The number of amides is 3. The summed E-state index contributed by atoms with van der Waals surface area (Å²) in [5.74, 6) is -1.23. The predicted octanol–water partition coefficient (Wildman–Crippen LogP) is -1.93. The smallest absolute Gasteiger partial charge is 0.240 e. The molecule has 0 aliphatic carbocycles. The minimum Gasteiger partial charge on any atom is -0.368 e.